The standard InChI is InChI=1S/C10H20N2O2.C9H18N2O2/c1-10(2,3)14-9(13)12-7-5-11(4)6-8-12;1-9(2,3)13-8(12)11-6-4-10-5-7-11/h5-8H2,1-4H3;10H,4-7H2,1-3H3. The summed E-state index contributed by atoms with van der Waals surface area (Å²) in [5.74, 6) is 0. The van der Waals surface area contributed by atoms with Crippen molar-refractivity contribution in [1.29, 1.82) is 0 Å². The number of nitrogens with zero attached hydrogens (tertiary/aromatic N) is 3. The van der Waals surface area contributed by atoms with Crippen molar-refractivity contribution in [1.82, 2.24) is 20.0 Å². The molecule has 0 atom stereocenters. The van der Waals surface area contributed by atoms with Gasteiger partial charge in [0, 0.05) is 52.4 Å². The summed E-state index contributed by atoms with van der Waals surface area (Å²) in [4.78, 5) is 28.8. The largest absolute Gasteiger partial charge is 0.444 e. The molecule has 0 spiro atoms. The number of rotatable bonds is 0. The molecular formula is C19H38N4O4. The van der Waals surface area contributed by atoms with E-state index in [-0.39, 0.29) is 23.4 Å². The fourth-order valence-corrected chi connectivity index (χ4v) is 2.49. The summed E-state index contributed by atoms with van der Waals surface area (Å²) in [5.41, 5.74) is -0.775. The molecule has 158 valence electrons. The first-order chi connectivity index (χ1) is 12.4. The fraction of sp³-hybridized carbons (Fsp3) is 0.895. The number of piperazine rings is 2. The lowest BCUT2D eigenvalue weighted by atomic mass is 10.2. The van der Waals surface area contributed by atoms with Crippen LogP contribution in [0, 0.1) is 0 Å². The van der Waals surface area contributed by atoms with Gasteiger partial charge in [0.2, 0.25) is 0 Å². The van der Waals surface area contributed by atoms with Crippen LogP contribution in [0.4, 0.5) is 9.59 Å². The van der Waals surface area contributed by atoms with E-state index in [9.17, 15) is 9.59 Å². The number of ether oxygens (including phenoxy) is 2. The lowest BCUT2D eigenvalue weighted by molar-refractivity contribution is 0.0163. The van der Waals surface area contributed by atoms with E-state index in [0.717, 1.165) is 52.4 Å². The minimum absolute atomic E-state index is 0.189. The van der Waals surface area contributed by atoms with E-state index >= 15 is 0 Å². The van der Waals surface area contributed by atoms with E-state index in [1.54, 1.807) is 9.80 Å². The summed E-state index contributed by atoms with van der Waals surface area (Å²) in [6.07, 6.45) is -0.389. The summed E-state index contributed by atoms with van der Waals surface area (Å²) < 4.78 is 10.5. The third-order valence-electron chi connectivity index (χ3n) is 3.92. The molecule has 0 aromatic carbocycles. The molecule has 2 saturated heterocycles. The number of amides is 2. The molecule has 0 aromatic rings. The SMILES string of the molecule is CC(C)(C)OC(=O)N1CCNCC1.CN1CCN(C(=O)OC(C)(C)C)CC1. The van der Waals surface area contributed by atoms with Gasteiger partial charge in [-0.2, -0.15) is 0 Å². The topological polar surface area (TPSA) is 74.4 Å². The first-order valence-electron chi connectivity index (χ1n) is 9.72. The van der Waals surface area contributed by atoms with Crippen molar-refractivity contribution in [3.8, 4) is 0 Å². The Morgan fingerprint density at radius 2 is 1.07 bits per heavy atom. The Balaban J connectivity index is 0.000000271. The molecule has 27 heavy (non-hydrogen) atoms. The summed E-state index contributed by atoms with van der Waals surface area (Å²) in [6, 6.07) is 0. The average Bonchev–Trinajstić information content (AvgIpc) is 2.54. The van der Waals surface area contributed by atoms with Crippen LogP contribution in [0.2, 0.25) is 0 Å². The van der Waals surface area contributed by atoms with Crippen molar-refractivity contribution in [2.75, 3.05) is 59.4 Å². The van der Waals surface area contributed by atoms with Crippen molar-refractivity contribution in [3.63, 3.8) is 0 Å². The van der Waals surface area contributed by atoms with E-state index in [2.05, 4.69) is 17.3 Å². The predicted octanol–water partition coefficient (Wildman–Crippen LogP) is 2.00. The maximum Gasteiger partial charge on any atom is 0.410 e. The third kappa shape index (κ3) is 10.4. The number of carbonyl (C=O) groups excluding carboxylic acids is 2. The van der Waals surface area contributed by atoms with Crippen LogP contribution in [0.5, 0.6) is 0 Å². The van der Waals surface area contributed by atoms with Crippen LogP contribution in [0.1, 0.15) is 41.5 Å². The molecule has 0 aliphatic carbocycles. The molecule has 0 unspecified atom stereocenters. The van der Waals surface area contributed by atoms with Gasteiger partial charge in [-0.25, -0.2) is 9.59 Å². The van der Waals surface area contributed by atoms with E-state index < -0.39 is 0 Å². The number of hydrogen-bond donors (Lipinski definition) is 1. The summed E-state index contributed by atoms with van der Waals surface area (Å²) in [5, 5.41) is 3.18. The molecule has 0 bridgehead atoms. The van der Waals surface area contributed by atoms with Crippen LogP contribution < -0.4 is 5.32 Å². The Morgan fingerprint density at radius 1 is 0.704 bits per heavy atom. The normalized spacial score (nSPS) is 19.1. The molecular weight excluding hydrogens is 348 g/mol. The maximum absolute atomic E-state index is 11.6. The molecule has 8 heteroatoms. The van der Waals surface area contributed by atoms with Gasteiger partial charge < -0.3 is 29.5 Å². The van der Waals surface area contributed by atoms with Crippen molar-refractivity contribution >= 4 is 12.2 Å². The Bertz CT molecular complexity index is 471. The molecule has 2 heterocycles. The van der Waals surface area contributed by atoms with Crippen LogP contribution >= 0.6 is 0 Å². The Kier molecular flexibility index (Phi) is 8.81. The Labute approximate surface area is 164 Å². The second-order valence-corrected chi connectivity index (χ2v) is 8.99. The zero-order valence-electron chi connectivity index (χ0n) is 18.1. The fourth-order valence-electron chi connectivity index (χ4n) is 2.49. The molecule has 2 amide bonds. The molecule has 0 aromatic heterocycles. The summed E-state index contributed by atoms with van der Waals surface area (Å²) >= 11 is 0. The van der Waals surface area contributed by atoms with E-state index in [0.29, 0.717) is 0 Å². The van der Waals surface area contributed by atoms with E-state index in [1.807, 2.05) is 41.5 Å². The second-order valence-electron chi connectivity index (χ2n) is 8.99. The third-order valence-corrected chi connectivity index (χ3v) is 3.92. The number of carbonyl (C=O) groups is 2. The van der Waals surface area contributed by atoms with E-state index in [1.165, 1.54) is 0 Å². The van der Waals surface area contributed by atoms with Crippen molar-refractivity contribution in [2.24, 2.45) is 0 Å². The average molecular weight is 387 g/mol. The Hall–Kier alpha value is -1.54. The highest BCUT2D eigenvalue weighted by Gasteiger charge is 2.24. The molecule has 1 N–H and O–H groups in total. The van der Waals surface area contributed by atoms with Crippen LogP contribution in [0.3, 0.4) is 0 Å². The highest BCUT2D eigenvalue weighted by molar-refractivity contribution is 5.68. The highest BCUT2D eigenvalue weighted by Crippen LogP contribution is 2.11. The van der Waals surface area contributed by atoms with Gasteiger partial charge in [0.15, 0.2) is 0 Å². The minimum Gasteiger partial charge on any atom is -0.444 e. The first-order valence-corrected chi connectivity index (χ1v) is 9.72. The van der Waals surface area contributed by atoms with Crippen molar-refractivity contribution in [3.05, 3.63) is 0 Å². The minimum atomic E-state index is -0.388. The summed E-state index contributed by atoms with van der Waals surface area (Å²) in [7, 11) is 2.06. The van der Waals surface area contributed by atoms with Crippen LogP contribution in [0.15, 0.2) is 0 Å². The van der Waals surface area contributed by atoms with Gasteiger partial charge in [0.1, 0.15) is 11.2 Å². The van der Waals surface area contributed by atoms with Gasteiger partial charge in [-0.15, -0.1) is 0 Å². The van der Waals surface area contributed by atoms with E-state index in [4.69, 9.17) is 9.47 Å². The van der Waals surface area contributed by atoms with Gasteiger partial charge in [-0.3, -0.25) is 0 Å². The lowest BCUT2D eigenvalue weighted by Gasteiger charge is -2.33. The van der Waals surface area contributed by atoms with Gasteiger partial charge in [-0.05, 0) is 48.6 Å². The molecule has 2 aliphatic heterocycles. The lowest BCUT2D eigenvalue weighted by Crippen LogP contribution is -2.48. The molecule has 0 saturated carbocycles. The quantitative estimate of drug-likeness (QED) is 0.686. The number of likely N-dealkylation sites (N-methyl/N-ethyl adjacent to an activating group) is 1. The van der Waals surface area contributed by atoms with Gasteiger partial charge in [0.05, 0.1) is 0 Å². The van der Waals surface area contributed by atoms with Crippen molar-refractivity contribution < 1.29 is 19.1 Å². The molecule has 2 aliphatic rings. The monoisotopic (exact) mass is 386 g/mol. The maximum atomic E-state index is 11.6. The number of hydrogen-bond acceptors (Lipinski definition) is 6. The second kappa shape index (κ2) is 10.1. The van der Waals surface area contributed by atoms with Crippen LogP contribution in [-0.4, -0.2) is 97.5 Å². The highest BCUT2D eigenvalue weighted by atomic mass is 16.6. The smallest absolute Gasteiger partial charge is 0.410 e. The zero-order valence-corrected chi connectivity index (χ0v) is 18.1. The first kappa shape index (κ1) is 23.5. The molecule has 0 radical (unpaired) electrons. The zero-order chi connectivity index (χ0) is 20.7. The van der Waals surface area contributed by atoms with Gasteiger partial charge in [0.25, 0.3) is 0 Å². The van der Waals surface area contributed by atoms with Crippen LogP contribution in [-0.2, 0) is 9.47 Å². The molecule has 2 rings (SSSR count). The predicted molar refractivity (Wildman–Crippen MR) is 106 cm³/mol. The summed E-state index contributed by atoms with van der Waals surface area (Å²) in [6.45, 7) is 17.9. The van der Waals surface area contributed by atoms with Crippen molar-refractivity contribution in [2.45, 2.75) is 52.7 Å². The Morgan fingerprint density at radius 3 is 1.44 bits per heavy atom. The number of nitrogens with one attached hydrogen (secondary N) is 1. The van der Waals surface area contributed by atoms with Gasteiger partial charge >= 0.3 is 12.2 Å². The molecule has 2 fully saturated rings. The van der Waals surface area contributed by atoms with Gasteiger partial charge in [-0.1, -0.05) is 0 Å². The van der Waals surface area contributed by atoms with Crippen LogP contribution in [0.25, 0.3) is 0 Å². The molecule has 8 nitrogen and oxygen atoms in total.